The molecule has 1 aliphatic rings. The lowest BCUT2D eigenvalue weighted by Crippen LogP contribution is -2.35. The highest BCUT2D eigenvalue weighted by atomic mass is 32.2. The molecule has 274 valence electrons. The number of benzene rings is 3. The van der Waals surface area contributed by atoms with E-state index in [-0.39, 0.29) is 20.5 Å². The van der Waals surface area contributed by atoms with Gasteiger partial charge in [0.1, 0.15) is 14.2 Å². The van der Waals surface area contributed by atoms with Crippen LogP contribution in [0.25, 0.3) is 0 Å². The Morgan fingerprint density at radius 3 is 1.38 bits per heavy atom. The molecule has 17 heteroatoms. The van der Waals surface area contributed by atoms with Crippen molar-refractivity contribution in [2.75, 3.05) is 41.4 Å². The Bertz CT molecular complexity index is 1960. The molecule has 0 radical (unpaired) electrons. The molecule has 0 saturated carbocycles. The molecule has 1 aliphatic heterocycles. The third-order valence-corrected chi connectivity index (χ3v) is 12.0. The Balaban J connectivity index is 0.000000261. The van der Waals surface area contributed by atoms with Crippen LogP contribution in [0.15, 0.2) is 97.8 Å². The summed E-state index contributed by atoms with van der Waals surface area (Å²) in [5.41, 5.74) is 3.50. The highest BCUT2D eigenvalue weighted by Crippen LogP contribution is 2.21. The molecule has 0 bridgehead atoms. The first kappa shape index (κ1) is 42.2. The van der Waals surface area contributed by atoms with Crippen molar-refractivity contribution < 1.29 is 39.7 Å². The second kappa shape index (κ2) is 18.8. The number of hydrogen-bond acceptors (Lipinski definition) is 11. The number of nitrogens with two attached hydrogens (primary N) is 1. The van der Waals surface area contributed by atoms with Crippen molar-refractivity contribution in [3.63, 3.8) is 0 Å². The highest BCUT2D eigenvalue weighted by molar-refractivity contribution is 7.89. The van der Waals surface area contributed by atoms with Crippen LogP contribution in [-0.4, -0.2) is 92.5 Å². The van der Waals surface area contributed by atoms with Gasteiger partial charge in [-0.25, -0.2) is 34.7 Å². The van der Waals surface area contributed by atoms with Crippen LogP contribution in [0.3, 0.4) is 0 Å². The van der Waals surface area contributed by atoms with Crippen LogP contribution in [0.5, 0.6) is 0 Å². The number of Topliss-reactive ketones (excluding diaryl/α,β-unsaturated/α-hetero) is 1. The molecule has 3 aromatic rings. The van der Waals surface area contributed by atoms with Crippen LogP contribution in [0.1, 0.15) is 61.5 Å². The van der Waals surface area contributed by atoms with Gasteiger partial charge in [-0.3, -0.25) is 4.79 Å². The van der Waals surface area contributed by atoms with Crippen molar-refractivity contribution in [1.29, 1.82) is 0 Å². The molecule has 1 heterocycles. The Labute approximate surface area is 295 Å². The van der Waals surface area contributed by atoms with E-state index in [1.165, 1.54) is 68.1 Å². The minimum atomic E-state index is -3.63. The quantitative estimate of drug-likeness (QED) is 0.180. The third kappa shape index (κ3) is 12.1. The van der Waals surface area contributed by atoms with Gasteiger partial charge in [0.05, 0.1) is 26.1 Å². The van der Waals surface area contributed by atoms with Gasteiger partial charge in [0.2, 0.25) is 30.1 Å². The van der Waals surface area contributed by atoms with Crippen molar-refractivity contribution in [2.45, 2.75) is 54.7 Å². The Kier molecular flexibility index (Phi) is 15.9. The van der Waals surface area contributed by atoms with Gasteiger partial charge in [0.25, 0.3) is 0 Å². The smallest absolute Gasteiger partial charge is 0.243 e. The van der Waals surface area contributed by atoms with Gasteiger partial charge in [-0.05, 0) is 81.1 Å². The van der Waals surface area contributed by atoms with Gasteiger partial charge in [-0.15, -0.1) is 0 Å². The maximum atomic E-state index is 12.3. The van der Waals surface area contributed by atoms with Crippen LogP contribution in [-0.2, 0) is 39.7 Å². The second-order valence-corrected chi connectivity index (χ2v) is 16.8. The Morgan fingerprint density at radius 2 is 1.02 bits per heavy atom. The molecule has 0 aliphatic carbocycles. The summed E-state index contributed by atoms with van der Waals surface area (Å²) in [7, 11) is -4.47. The molecule has 0 amide bonds. The first-order chi connectivity index (χ1) is 23.4. The first-order valence-electron chi connectivity index (χ1n) is 15.3. The molecule has 3 aromatic carbocycles. The fourth-order valence-electron chi connectivity index (χ4n) is 4.46. The molecule has 0 atom stereocenters. The minimum Gasteiger partial charge on any atom is -0.399 e. The summed E-state index contributed by atoms with van der Waals surface area (Å²) in [5, 5.41) is 12.5. The molecule has 0 aromatic heterocycles. The molecule has 1 saturated heterocycles. The van der Waals surface area contributed by atoms with Crippen LogP contribution in [0.4, 0.5) is 0 Å². The van der Waals surface area contributed by atoms with Gasteiger partial charge in [-0.2, -0.15) is 4.31 Å². The zero-order valence-corrected chi connectivity index (χ0v) is 31.7. The zero-order valence-electron chi connectivity index (χ0n) is 29.2. The predicted octanol–water partition coefficient (Wildman–Crippen LogP) is 4.08. The fourth-order valence-corrected chi connectivity index (χ4v) is 7.39. The van der Waals surface area contributed by atoms with Crippen LogP contribution < -0.4 is 5.14 Å². The first-order valence-corrected chi connectivity index (χ1v) is 19.7. The number of sulfonamides is 3. The Hall–Kier alpha value is -4.00. The van der Waals surface area contributed by atoms with E-state index >= 15 is 0 Å². The van der Waals surface area contributed by atoms with E-state index in [1.54, 1.807) is 62.4 Å². The molecule has 14 nitrogen and oxygen atoms in total. The maximum absolute atomic E-state index is 12.3. The molecule has 2 N–H and O–H groups in total. The average molecular weight is 752 g/mol. The highest BCUT2D eigenvalue weighted by Gasteiger charge is 2.25. The van der Waals surface area contributed by atoms with Crippen molar-refractivity contribution in [3.8, 4) is 0 Å². The lowest BCUT2D eigenvalue weighted by molar-refractivity contribution is 0.101. The largest absolute Gasteiger partial charge is 0.399 e. The van der Waals surface area contributed by atoms with Gasteiger partial charge in [-0.1, -0.05) is 53.1 Å². The number of carbonyl (C=O) groups is 1. The van der Waals surface area contributed by atoms with E-state index in [2.05, 4.69) is 20.0 Å². The fraction of sp³-hybridized carbons (Fsp3) is 0.364. The van der Waals surface area contributed by atoms with Crippen molar-refractivity contribution in [3.05, 3.63) is 89.5 Å². The monoisotopic (exact) mass is 751 g/mol. The van der Waals surface area contributed by atoms with E-state index in [0.29, 0.717) is 30.1 Å². The number of ketones is 1. The van der Waals surface area contributed by atoms with Crippen LogP contribution >= 0.6 is 0 Å². The molecule has 1 fully saturated rings. The maximum Gasteiger partial charge on any atom is 0.243 e. The van der Waals surface area contributed by atoms with E-state index in [1.807, 2.05) is 0 Å². The lowest BCUT2D eigenvalue weighted by atomic mass is 10.1. The van der Waals surface area contributed by atoms with Crippen molar-refractivity contribution in [1.82, 2.24) is 8.61 Å². The topological polar surface area (TPSA) is 195 Å². The predicted molar refractivity (Wildman–Crippen MR) is 193 cm³/mol. The molecule has 50 heavy (non-hydrogen) atoms. The molecular formula is C33H45N5O9S3. The van der Waals surface area contributed by atoms with Crippen LogP contribution in [0.2, 0.25) is 0 Å². The number of primary sulfonamides is 1. The summed E-state index contributed by atoms with van der Waals surface area (Å²) >= 11 is 0. The minimum absolute atomic E-state index is 0.0584. The average Bonchev–Trinajstić information content (AvgIpc) is 3.09. The number of nitrogens with zero attached hydrogens (tertiary/aromatic N) is 4. The number of hydrogen-bond donors (Lipinski definition) is 1. The summed E-state index contributed by atoms with van der Waals surface area (Å²) in [6.45, 7) is 6.20. The van der Waals surface area contributed by atoms with E-state index in [0.717, 1.165) is 30.4 Å². The van der Waals surface area contributed by atoms with E-state index in [9.17, 15) is 30.0 Å². The van der Waals surface area contributed by atoms with E-state index in [4.69, 9.17) is 5.14 Å². The summed E-state index contributed by atoms with van der Waals surface area (Å²) in [6, 6.07) is 18.8. The Morgan fingerprint density at radius 1 is 0.640 bits per heavy atom. The number of carbonyl (C=O) groups excluding carboxylic acids is 1. The number of rotatable bonds is 10. The van der Waals surface area contributed by atoms with Crippen molar-refractivity contribution >= 4 is 47.3 Å². The van der Waals surface area contributed by atoms with Gasteiger partial charge < -0.3 is 9.68 Å². The summed E-state index contributed by atoms with van der Waals surface area (Å²) in [4.78, 5) is 21.0. The molecule has 0 unspecified atom stereocenters. The zero-order chi connectivity index (χ0) is 37.7. The van der Waals surface area contributed by atoms with Gasteiger partial charge >= 0.3 is 0 Å². The summed E-state index contributed by atoms with van der Waals surface area (Å²) in [6.07, 6.45) is 2.94. The van der Waals surface area contributed by atoms with Crippen LogP contribution in [0, 0.1) is 0 Å². The second-order valence-electron chi connectivity index (χ2n) is 11.1. The molecular weight excluding hydrogens is 707 g/mol. The normalized spacial score (nSPS) is 14.5. The van der Waals surface area contributed by atoms with Gasteiger partial charge in [0.15, 0.2) is 5.78 Å². The van der Waals surface area contributed by atoms with Gasteiger partial charge in [0, 0.05) is 32.7 Å². The standard InChI is InChI=1S/C13H17NO3S.C11H16N2O3S.C9H12N2O3S/c1-11(15)12-5-7-13(8-6-12)18(16,17)14-9-3-2-4-10-14;1-9(12-16-4)10-5-7-11(8-6-10)17(14,15)13(2)3;1-7(11-14-2)8-3-5-9(6-4-8)15(10,12)13/h5-8H,2-4,9-10H2,1H3;5-8H,1-4H3;3-6H,1-2H3,(H2,10,12,13). The lowest BCUT2D eigenvalue weighted by Gasteiger charge is -2.25. The number of piperidine rings is 1. The van der Waals surface area contributed by atoms with E-state index < -0.39 is 30.1 Å². The SMILES string of the molecule is CC(=O)c1ccc(S(=O)(=O)N2CCCCC2)cc1.CON=C(C)c1ccc(S(=O)(=O)N(C)C)cc1.CON=C(C)c1ccc(S(N)(=O)=O)cc1. The summed E-state index contributed by atoms with van der Waals surface area (Å²) < 4.78 is 72.9. The number of oxime groups is 2. The van der Waals surface area contributed by atoms with Crippen molar-refractivity contribution in [2.24, 2.45) is 15.5 Å². The third-order valence-electron chi connectivity index (χ3n) is 7.32. The summed E-state index contributed by atoms with van der Waals surface area (Å²) in [5.74, 6) is -0.0584. The molecule has 0 spiro atoms. The molecule has 4 rings (SSSR count).